The second-order valence-electron chi connectivity index (χ2n) is 4.51. The lowest BCUT2D eigenvalue weighted by molar-refractivity contribution is -0.131. The maximum Gasteiger partial charge on any atom is 0.308 e. The third-order valence-corrected chi connectivity index (χ3v) is 3.06. The van der Waals surface area contributed by atoms with E-state index in [1.165, 1.54) is 6.92 Å². The molecular weight excluding hydrogens is 230 g/mol. The smallest absolute Gasteiger partial charge is 0.308 e. The zero-order valence-corrected chi connectivity index (χ0v) is 10.7. The average Bonchev–Trinajstić information content (AvgIpc) is 2.49. The summed E-state index contributed by atoms with van der Waals surface area (Å²) in [5.41, 5.74) is 2.01. The molecule has 1 heterocycles. The highest BCUT2D eigenvalue weighted by Crippen LogP contribution is 2.30. The molecule has 0 aromatic heterocycles. The lowest BCUT2D eigenvalue weighted by Crippen LogP contribution is -2.29. The summed E-state index contributed by atoms with van der Waals surface area (Å²) in [7, 11) is 0. The normalized spacial score (nSPS) is 14.7. The van der Waals surface area contributed by atoms with Gasteiger partial charge in [-0.1, -0.05) is 0 Å². The number of amides is 1. The molecule has 4 nitrogen and oxygen atoms in total. The second-order valence-corrected chi connectivity index (χ2v) is 4.51. The topological polar surface area (TPSA) is 46.6 Å². The number of benzene rings is 1. The number of carbonyl (C=O) groups is 2. The molecule has 96 valence electrons. The molecule has 1 aromatic rings. The van der Waals surface area contributed by atoms with Gasteiger partial charge in [-0.3, -0.25) is 9.59 Å². The van der Waals surface area contributed by atoms with E-state index in [1.54, 1.807) is 17.9 Å². The van der Waals surface area contributed by atoms with E-state index in [4.69, 9.17) is 4.74 Å². The van der Waals surface area contributed by atoms with Gasteiger partial charge in [0, 0.05) is 26.1 Å². The molecule has 0 unspecified atom stereocenters. The highest BCUT2D eigenvalue weighted by molar-refractivity contribution is 5.92. The number of carbonyl (C=O) groups excluding carboxylic acids is 2. The lowest BCUT2D eigenvalue weighted by Gasteiger charge is -2.21. The highest BCUT2D eigenvalue weighted by Gasteiger charge is 2.18. The van der Waals surface area contributed by atoms with E-state index in [0.717, 1.165) is 37.1 Å². The molecule has 0 N–H and O–H groups in total. The number of hydrogen-bond acceptors (Lipinski definition) is 3. The summed E-state index contributed by atoms with van der Waals surface area (Å²) in [5.74, 6) is 0.275. The molecule has 1 aliphatic heterocycles. The Balaban J connectivity index is 2.36. The van der Waals surface area contributed by atoms with Crippen LogP contribution in [0.15, 0.2) is 18.2 Å². The maximum absolute atomic E-state index is 11.6. The minimum Gasteiger partial charge on any atom is -0.427 e. The number of ether oxygens (including phenoxy) is 1. The van der Waals surface area contributed by atoms with Crippen LogP contribution in [0.4, 0.5) is 5.69 Å². The maximum atomic E-state index is 11.6. The zero-order chi connectivity index (χ0) is 13.1. The van der Waals surface area contributed by atoms with Crippen molar-refractivity contribution in [3.05, 3.63) is 23.8 Å². The summed E-state index contributed by atoms with van der Waals surface area (Å²) in [6, 6.07) is 5.46. The molecule has 1 amide bonds. The van der Waals surface area contributed by atoms with Crippen molar-refractivity contribution in [3.63, 3.8) is 0 Å². The minimum absolute atomic E-state index is 0.0541. The van der Waals surface area contributed by atoms with Crippen molar-refractivity contribution >= 4 is 17.6 Å². The number of nitrogens with zero attached hydrogens (tertiary/aromatic N) is 1. The summed E-state index contributed by atoms with van der Waals surface area (Å²) in [4.78, 5) is 24.3. The Bertz CT molecular complexity index is 482. The third-order valence-electron chi connectivity index (χ3n) is 3.06. The molecule has 0 fully saturated rings. The Morgan fingerprint density at radius 2 is 2.00 bits per heavy atom. The minimum atomic E-state index is -0.327. The first-order chi connectivity index (χ1) is 8.58. The van der Waals surface area contributed by atoms with E-state index in [-0.39, 0.29) is 11.9 Å². The van der Waals surface area contributed by atoms with Gasteiger partial charge in [0.25, 0.3) is 0 Å². The molecule has 18 heavy (non-hydrogen) atoms. The van der Waals surface area contributed by atoms with Crippen LogP contribution in [0.3, 0.4) is 0 Å². The van der Waals surface area contributed by atoms with Crippen LogP contribution in [0.2, 0.25) is 0 Å². The van der Waals surface area contributed by atoms with E-state index < -0.39 is 0 Å². The average molecular weight is 247 g/mol. The Morgan fingerprint density at radius 3 is 2.67 bits per heavy atom. The molecular formula is C14H17NO3. The lowest BCUT2D eigenvalue weighted by atomic mass is 10.1. The first-order valence-corrected chi connectivity index (χ1v) is 6.17. The molecule has 0 saturated carbocycles. The van der Waals surface area contributed by atoms with Gasteiger partial charge in [-0.05, 0) is 43.0 Å². The Labute approximate surface area is 107 Å². The zero-order valence-electron chi connectivity index (χ0n) is 10.7. The predicted octanol–water partition coefficient (Wildman–Crippen LogP) is 2.30. The van der Waals surface area contributed by atoms with Crippen molar-refractivity contribution in [2.45, 2.75) is 33.1 Å². The highest BCUT2D eigenvalue weighted by atomic mass is 16.5. The first-order valence-electron chi connectivity index (χ1n) is 6.17. The number of anilines is 1. The monoisotopic (exact) mass is 247 g/mol. The standard InChI is InChI=1S/C14H17NO3/c1-10(16)15-8-4-3-5-12-9-13(18-11(2)17)6-7-14(12)15/h6-7,9H,3-5,8H2,1-2H3. The fourth-order valence-corrected chi connectivity index (χ4v) is 2.29. The Morgan fingerprint density at radius 1 is 1.22 bits per heavy atom. The van der Waals surface area contributed by atoms with Crippen molar-refractivity contribution in [1.82, 2.24) is 0 Å². The molecule has 0 spiro atoms. The molecule has 2 rings (SSSR count). The SMILES string of the molecule is CC(=O)Oc1ccc2c(c1)CCCCN2C(C)=O. The van der Waals surface area contributed by atoms with Gasteiger partial charge in [0.15, 0.2) is 0 Å². The summed E-state index contributed by atoms with van der Waals surface area (Å²) >= 11 is 0. The third kappa shape index (κ3) is 2.70. The molecule has 0 aliphatic carbocycles. The van der Waals surface area contributed by atoms with Gasteiger partial charge in [-0.15, -0.1) is 0 Å². The van der Waals surface area contributed by atoms with Crippen molar-refractivity contribution in [3.8, 4) is 5.75 Å². The van der Waals surface area contributed by atoms with Crippen molar-refractivity contribution < 1.29 is 14.3 Å². The molecule has 0 radical (unpaired) electrons. The van der Waals surface area contributed by atoms with Crippen LogP contribution < -0.4 is 9.64 Å². The van der Waals surface area contributed by atoms with E-state index in [0.29, 0.717) is 5.75 Å². The van der Waals surface area contributed by atoms with Crippen LogP contribution in [0.5, 0.6) is 5.75 Å². The fourth-order valence-electron chi connectivity index (χ4n) is 2.29. The van der Waals surface area contributed by atoms with Crippen molar-refractivity contribution in [2.75, 3.05) is 11.4 Å². The molecule has 1 aliphatic rings. The van der Waals surface area contributed by atoms with Crippen LogP contribution in [-0.4, -0.2) is 18.4 Å². The van der Waals surface area contributed by atoms with Crippen LogP contribution >= 0.6 is 0 Å². The first kappa shape index (κ1) is 12.6. The fraction of sp³-hybridized carbons (Fsp3) is 0.429. The Hall–Kier alpha value is -1.84. The number of rotatable bonds is 1. The molecule has 1 aromatic carbocycles. The van der Waals surface area contributed by atoms with E-state index in [9.17, 15) is 9.59 Å². The van der Waals surface area contributed by atoms with Gasteiger partial charge < -0.3 is 9.64 Å². The van der Waals surface area contributed by atoms with Gasteiger partial charge in [0.1, 0.15) is 5.75 Å². The second kappa shape index (κ2) is 5.21. The quantitative estimate of drug-likeness (QED) is 0.565. The van der Waals surface area contributed by atoms with Gasteiger partial charge in [0.2, 0.25) is 5.91 Å². The Kier molecular flexibility index (Phi) is 3.65. The molecule has 0 bridgehead atoms. The number of fused-ring (bicyclic) bond motifs is 1. The van der Waals surface area contributed by atoms with E-state index >= 15 is 0 Å². The number of hydrogen-bond donors (Lipinski definition) is 0. The summed E-state index contributed by atoms with van der Waals surface area (Å²) < 4.78 is 5.07. The van der Waals surface area contributed by atoms with E-state index in [2.05, 4.69) is 0 Å². The van der Waals surface area contributed by atoms with Gasteiger partial charge >= 0.3 is 5.97 Å². The predicted molar refractivity (Wildman–Crippen MR) is 68.7 cm³/mol. The van der Waals surface area contributed by atoms with Gasteiger partial charge in [-0.25, -0.2) is 0 Å². The summed E-state index contributed by atoms with van der Waals surface area (Å²) in [5, 5.41) is 0. The van der Waals surface area contributed by atoms with Crippen LogP contribution in [0.1, 0.15) is 32.3 Å². The van der Waals surface area contributed by atoms with Crippen LogP contribution in [0, 0.1) is 0 Å². The van der Waals surface area contributed by atoms with Crippen LogP contribution in [0.25, 0.3) is 0 Å². The number of aryl methyl sites for hydroxylation is 1. The van der Waals surface area contributed by atoms with Crippen molar-refractivity contribution in [1.29, 1.82) is 0 Å². The number of esters is 1. The van der Waals surface area contributed by atoms with Crippen molar-refractivity contribution in [2.24, 2.45) is 0 Å². The summed E-state index contributed by atoms with van der Waals surface area (Å²) in [6.07, 6.45) is 2.95. The summed E-state index contributed by atoms with van der Waals surface area (Å²) in [6.45, 7) is 3.72. The van der Waals surface area contributed by atoms with Gasteiger partial charge in [-0.2, -0.15) is 0 Å². The van der Waals surface area contributed by atoms with Gasteiger partial charge in [0.05, 0.1) is 0 Å². The largest absolute Gasteiger partial charge is 0.427 e. The molecule has 4 heteroatoms. The molecule has 0 atom stereocenters. The van der Waals surface area contributed by atoms with Crippen LogP contribution in [-0.2, 0) is 16.0 Å². The van der Waals surface area contributed by atoms with E-state index in [1.807, 2.05) is 12.1 Å². The molecule has 0 saturated heterocycles.